The van der Waals surface area contributed by atoms with E-state index in [1.54, 1.807) is 37.6 Å². The molecule has 0 saturated heterocycles. The normalized spacial score (nSPS) is 10.0. The molecule has 1 heterocycles. The lowest BCUT2D eigenvalue weighted by atomic mass is 10.2. The van der Waals surface area contributed by atoms with Crippen LogP contribution in [0.5, 0.6) is 17.4 Å². The van der Waals surface area contributed by atoms with Crippen LogP contribution in [0.3, 0.4) is 0 Å². The fraction of sp³-hybridized carbons (Fsp3) is 0.250. The first kappa shape index (κ1) is 14.8. The number of hydrogen-bond acceptors (Lipinski definition) is 5. The molecule has 0 saturated carbocycles. The summed E-state index contributed by atoms with van der Waals surface area (Å²) in [7, 11) is 1.55. The van der Waals surface area contributed by atoms with Crippen LogP contribution in [0.4, 0.5) is 0 Å². The molecule has 0 aliphatic rings. The molecule has 0 atom stereocenters. The Kier molecular flexibility index (Phi) is 5.15. The Morgan fingerprint density at radius 1 is 1.19 bits per heavy atom. The first-order valence-electron chi connectivity index (χ1n) is 6.61. The summed E-state index contributed by atoms with van der Waals surface area (Å²) in [5.74, 6) is 1.48. The smallest absolute Gasteiger partial charge is 0.219 e. The van der Waals surface area contributed by atoms with Crippen LogP contribution in [-0.2, 0) is 6.61 Å². The molecule has 110 valence electrons. The fourth-order valence-corrected chi connectivity index (χ4v) is 1.92. The lowest BCUT2D eigenvalue weighted by molar-refractivity contribution is 0.111. The summed E-state index contributed by atoms with van der Waals surface area (Å²) in [6.45, 7) is 2.61. The Labute approximate surface area is 123 Å². The van der Waals surface area contributed by atoms with Crippen LogP contribution in [0.25, 0.3) is 0 Å². The molecule has 5 heteroatoms. The average molecular weight is 287 g/mol. The summed E-state index contributed by atoms with van der Waals surface area (Å²) in [5.41, 5.74) is 1.24. The largest absolute Gasteiger partial charge is 0.490 e. The van der Waals surface area contributed by atoms with Crippen LogP contribution in [0.2, 0.25) is 0 Å². The average Bonchev–Trinajstić information content (AvgIpc) is 2.54. The van der Waals surface area contributed by atoms with Crippen molar-refractivity contribution >= 4 is 6.29 Å². The maximum Gasteiger partial charge on any atom is 0.219 e. The van der Waals surface area contributed by atoms with Crippen LogP contribution in [0.15, 0.2) is 36.5 Å². The van der Waals surface area contributed by atoms with Gasteiger partial charge in [-0.05, 0) is 31.2 Å². The maximum absolute atomic E-state index is 11.1. The van der Waals surface area contributed by atoms with E-state index in [-0.39, 0.29) is 6.61 Å². The number of hydrogen-bond donors (Lipinski definition) is 0. The molecule has 0 radical (unpaired) electrons. The highest BCUT2D eigenvalue weighted by molar-refractivity contribution is 5.81. The van der Waals surface area contributed by atoms with Crippen molar-refractivity contribution in [3.63, 3.8) is 0 Å². The maximum atomic E-state index is 11.1. The van der Waals surface area contributed by atoms with Crippen molar-refractivity contribution in [1.82, 2.24) is 4.98 Å². The predicted octanol–water partition coefficient (Wildman–Crippen LogP) is 2.88. The van der Waals surface area contributed by atoms with Gasteiger partial charge in [-0.1, -0.05) is 6.07 Å². The fourth-order valence-electron chi connectivity index (χ4n) is 1.92. The van der Waals surface area contributed by atoms with Gasteiger partial charge >= 0.3 is 0 Å². The Morgan fingerprint density at radius 3 is 2.76 bits per heavy atom. The van der Waals surface area contributed by atoms with Crippen LogP contribution in [0.1, 0.15) is 22.8 Å². The van der Waals surface area contributed by atoms with E-state index in [4.69, 9.17) is 14.2 Å². The Hall–Kier alpha value is -2.56. The first-order valence-corrected chi connectivity index (χ1v) is 6.61. The minimum atomic E-state index is 0.238. The monoisotopic (exact) mass is 287 g/mol. The number of rotatable bonds is 7. The van der Waals surface area contributed by atoms with E-state index in [2.05, 4.69) is 4.98 Å². The second-order valence-electron chi connectivity index (χ2n) is 4.19. The van der Waals surface area contributed by atoms with E-state index in [1.165, 1.54) is 0 Å². The van der Waals surface area contributed by atoms with Gasteiger partial charge in [0.15, 0.2) is 17.8 Å². The summed E-state index contributed by atoms with van der Waals surface area (Å²) < 4.78 is 16.4. The topological polar surface area (TPSA) is 57.7 Å². The van der Waals surface area contributed by atoms with Gasteiger partial charge < -0.3 is 14.2 Å². The second-order valence-corrected chi connectivity index (χ2v) is 4.19. The molecule has 5 nitrogen and oxygen atoms in total. The first-order chi connectivity index (χ1) is 10.3. The second kappa shape index (κ2) is 7.28. The van der Waals surface area contributed by atoms with Crippen LogP contribution >= 0.6 is 0 Å². The molecule has 1 aromatic heterocycles. The van der Waals surface area contributed by atoms with Gasteiger partial charge in [0.1, 0.15) is 6.61 Å². The molecule has 0 bridgehead atoms. The van der Waals surface area contributed by atoms with Gasteiger partial charge in [0.05, 0.1) is 24.8 Å². The molecule has 2 aromatic rings. The van der Waals surface area contributed by atoms with E-state index in [0.717, 1.165) is 11.8 Å². The SMILES string of the molecule is CCOc1cccc(C=O)c1OCc1cccnc1OC. The quantitative estimate of drug-likeness (QED) is 0.733. The molecule has 0 aliphatic heterocycles. The zero-order valence-electron chi connectivity index (χ0n) is 12.0. The molecule has 1 aromatic carbocycles. The Bertz CT molecular complexity index is 613. The Balaban J connectivity index is 2.24. The molecule has 2 rings (SSSR count). The van der Waals surface area contributed by atoms with Crippen molar-refractivity contribution in [3.05, 3.63) is 47.7 Å². The summed E-state index contributed by atoms with van der Waals surface area (Å²) in [6, 6.07) is 8.87. The number of nitrogens with zero attached hydrogens (tertiary/aromatic N) is 1. The zero-order valence-corrected chi connectivity index (χ0v) is 12.0. The van der Waals surface area contributed by atoms with Gasteiger partial charge in [-0.3, -0.25) is 4.79 Å². The number of carbonyl (C=O) groups excluding carboxylic acids is 1. The van der Waals surface area contributed by atoms with Gasteiger partial charge in [-0.2, -0.15) is 0 Å². The lowest BCUT2D eigenvalue weighted by Gasteiger charge is -2.14. The van der Waals surface area contributed by atoms with Crippen molar-refractivity contribution in [1.29, 1.82) is 0 Å². The minimum absolute atomic E-state index is 0.238. The lowest BCUT2D eigenvalue weighted by Crippen LogP contribution is -2.04. The van der Waals surface area contributed by atoms with E-state index >= 15 is 0 Å². The van der Waals surface area contributed by atoms with E-state index in [9.17, 15) is 4.79 Å². The van der Waals surface area contributed by atoms with Gasteiger partial charge in [-0.25, -0.2) is 4.98 Å². The number of benzene rings is 1. The number of para-hydroxylation sites is 1. The number of ether oxygens (including phenoxy) is 3. The summed E-state index contributed by atoms with van der Waals surface area (Å²) in [5, 5.41) is 0. The molecule has 0 amide bonds. The molecule has 0 fully saturated rings. The van der Waals surface area contributed by atoms with Crippen molar-refractivity contribution in [2.24, 2.45) is 0 Å². The molecule has 0 N–H and O–H groups in total. The third kappa shape index (κ3) is 3.51. The van der Waals surface area contributed by atoms with Crippen molar-refractivity contribution in [3.8, 4) is 17.4 Å². The van der Waals surface area contributed by atoms with Crippen molar-refractivity contribution in [2.45, 2.75) is 13.5 Å². The zero-order chi connectivity index (χ0) is 15.1. The van der Waals surface area contributed by atoms with Crippen molar-refractivity contribution in [2.75, 3.05) is 13.7 Å². The highest BCUT2D eigenvalue weighted by Gasteiger charge is 2.12. The predicted molar refractivity (Wildman–Crippen MR) is 78.1 cm³/mol. The van der Waals surface area contributed by atoms with Gasteiger partial charge in [0.2, 0.25) is 5.88 Å². The number of carbonyl (C=O) groups is 1. The van der Waals surface area contributed by atoms with Crippen LogP contribution in [0, 0.1) is 0 Å². The summed E-state index contributed by atoms with van der Waals surface area (Å²) >= 11 is 0. The summed E-state index contributed by atoms with van der Waals surface area (Å²) in [6.07, 6.45) is 2.39. The number of pyridine rings is 1. The van der Waals surface area contributed by atoms with E-state index < -0.39 is 0 Å². The Morgan fingerprint density at radius 2 is 2.05 bits per heavy atom. The molecule has 0 aliphatic carbocycles. The van der Waals surface area contributed by atoms with Gasteiger partial charge in [-0.15, -0.1) is 0 Å². The highest BCUT2D eigenvalue weighted by atomic mass is 16.5. The van der Waals surface area contributed by atoms with Gasteiger partial charge in [0, 0.05) is 6.20 Å². The number of aromatic nitrogens is 1. The third-order valence-corrected chi connectivity index (χ3v) is 2.85. The molecular formula is C16H17NO4. The third-order valence-electron chi connectivity index (χ3n) is 2.85. The highest BCUT2D eigenvalue weighted by Crippen LogP contribution is 2.31. The molecular weight excluding hydrogens is 270 g/mol. The van der Waals surface area contributed by atoms with E-state index in [0.29, 0.717) is 29.5 Å². The minimum Gasteiger partial charge on any atom is -0.490 e. The van der Waals surface area contributed by atoms with Crippen molar-refractivity contribution < 1.29 is 19.0 Å². The summed E-state index contributed by atoms with van der Waals surface area (Å²) in [4.78, 5) is 15.3. The number of methoxy groups -OCH3 is 1. The number of aldehydes is 1. The molecule has 0 spiro atoms. The van der Waals surface area contributed by atoms with Crippen LogP contribution < -0.4 is 14.2 Å². The standard InChI is InChI=1S/C16H17NO4/c1-3-20-14-8-4-6-12(10-18)15(14)21-11-13-7-5-9-17-16(13)19-2/h4-10H,3,11H2,1-2H3. The molecule has 0 unspecified atom stereocenters. The van der Waals surface area contributed by atoms with Crippen LogP contribution in [-0.4, -0.2) is 25.0 Å². The molecule has 21 heavy (non-hydrogen) atoms. The van der Waals surface area contributed by atoms with Gasteiger partial charge in [0.25, 0.3) is 0 Å². The van der Waals surface area contributed by atoms with E-state index in [1.807, 2.05) is 13.0 Å².